The van der Waals surface area contributed by atoms with E-state index >= 15 is 0 Å². The summed E-state index contributed by atoms with van der Waals surface area (Å²) in [5, 5.41) is 4.81. The van der Waals surface area contributed by atoms with Crippen LogP contribution in [-0.4, -0.2) is 15.0 Å². The number of nitrogens with two attached hydrogens (primary N) is 1. The Morgan fingerprint density at radius 1 is 1.50 bits per heavy atom. The summed E-state index contributed by atoms with van der Waals surface area (Å²) < 4.78 is 28.7. The molecule has 0 bridgehead atoms. The fourth-order valence-corrected chi connectivity index (χ4v) is 1.44. The lowest BCUT2D eigenvalue weighted by molar-refractivity contribution is 0.340. The molecule has 0 spiro atoms. The minimum Gasteiger partial charge on any atom is -0.494 e. The second kappa shape index (κ2) is 4.30. The maximum absolute atomic E-state index is 10.7. The van der Waals surface area contributed by atoms with Crippen molar-refractivity contribution in [1.29, 1.82) is 0 Å². The molecule has 1 rings (SSSR count). The average Bonchev–Trinajstić information content (AvgIpc) is 2.02. The standard InChI is InChI=1S/C8H12N2O3S/c1-2-13-8-5-3-4-7(6-8)10-14(9,11)12/h3-6,10H,2H2,1H3,(H2,9,11,12). The molecule has 0 aromatic heterocycles. The van der Waals surface area contributed by atoms with Gasteiger partial charge >= 0.3 is 0 Å². The smallest absolute Gasteiger partial charge is 0.296 e. The van der Waals surface area contributed by atoms with Gasteiger partial charge in [0.25, 0.3) is 10.2 Å². The maximum Gasteiger partial charge on any atom is 0.296 e. The first kappa shape index (κ1) is 10.8. The molecular weight excluding hydrogens is 204 g/mol. The van der Waals surface area contributed by atoms with Crippen LogP contribution in [0.25, 0.3) is 0 Å². The van der Waals surface area contributed by atoms with Gasteiger partial charge in [-0.05, 0) is 19.1 Å². The number of ether oxygens (including phenoxy) is 1. The van der Waals surface area contributed by atoms with E-state index in [9.17, 15) is 8.42 Å². The second-order valence-corrected chi connectivity index (χ2v) is 3.90. The summed E-state index contributed by atoms with van der Waals surface area (Å²) in [6.45, 7) is 2.37. The van der Waals surface area contributed by atoms with Crippen LogP contribution in [-0.2, 0) is 10.2 Å². The SMILES string of the molecule is CCOc1cccc(NS(N)(=O)=O)c1. The summed E-state index contributed by atoms with van der Waals surface area (Å²) >= 11 is 0. The van der Waals surface area contributed by atoms with Gasteiger partial charge < -0.3 is 4.74 Å². The molecule has 5 nitrogen and oxygen atoms in total. The average molecular weight is 216 g/mol. The van der Waals surface area contributed by atoms with Gasteiger partial charge in [-0.25, -0.2) is 5.14 Å². The van der Waals surface area contributed by atoms with Crippen molar-refractivity contribution in [2.45, 2.75) is 6.92 Å². The van der Waals surface area contributed by atoms with E-state index in [4.69, 9.17) is 9.88 Å². The number of nitrogens with one attached hydrogen (secondary N) is 1. The van der Waals surface area contributed by atoms with E-state index in [0.717, 1.165) is 0 Å². The third-order valence-corrected chi connectivity index (χ3v) is 1.93. The summed E-state index contributed by atoms with van der Waals surface area (Å²) in [5.74, 6) is 0.598. The highest BCUT2D eigenvalue weighted by atomic mass is 32.2. The molecule has 0 amide bonds. The van der Waals surface area contributed by atoms with Crippen LogP contribution in [0, 0.1) is 0 Å². The second-order valence-electron chi connectivity index (χ2n) is 2.61. The topological polar surface area (TPSA) is 81.4 Å². The Kier molecular flexibility index (Phi) is 3.32. The summed E-state index contributed by atoms with van der Waals surface area (Å²) in [4.78, 5) is 0. The predicted octanol–water partition coefficient (Wildman–Crippen LogP) is 0.701. The first-order valence-electron chi connectivity index (χ1n) is 4.04. The van der Waals surface area contributed by atoms with Gasteiger partial charge in [-0.3, -0.25) is 4.72 Å². The van der Waals surface area contributed by atoms with Crippen molar-refractivity contribution >= 4 is 15.9 Å². The molecule has 0 aliphatic rings. The molecule has 6 heteroatoms. The molecule has 0 unspecified atom stereocenters. The minimum absolute atomic E-state index is 0.387. The lowest BCUT2D eigenvalue weighted by atomic mass is 10.3. The molecular formula is C8H12N2O3S. The van der Waals surface area contributed by atoms with E-state index in [1.165, 1.54) is 0 Å². The van der Waals surface area contributed by atoms with Crippen LogP contribution >= 0.6 is 0 Å². The van der Waals surface area contributed by atoms with Crippen molar-refractivity contribution in [2.24, 2.45) is 5.14 Å². The fourth-order valence-electron chi connectivity index (χ4n) is 0.980. The number of benzene rings is 1. The van der Waals surface area contributed by atoms with Crippen LogP contribution in [0.5, 0.6) is 5.75 Å². The highest BCUT2D eigenvalue weighted by molar-refractivity contribution is 7.90. The maximum atomic E-state index is 10.7. The van der Waals surface area contributed by atoms with Gasteiger partial charge in [0.1, 0.15) is 5.75 Å². The Labute approximate surface area is 83.1 Å². The number of hydrogen-bond acceptors (Lipinski definition) is 3. The van der Waals surface area contributed by atoms with Crippen molar-refractivity contribution in [3.63, 3.8) is 0 Å². The van der Waals surface area contributed by atoms with Crippen LogP contribution in [0.2, 0.25) is 0 Å². The first-order chi connectivity index (χ1) is 6.51. The lowest BCUT2D eigenvalue weighted by Gasteiger charge is -2.06. The summed E-state index contributed by atoms with van der Waals surface area (Å²) in [5.41, 5.74) is 0.387. The molecule has 0 saturated heterocycles. The van der Waals surface area contributed by atoms with E-state index in [2.05, 4.69) is 4.72 Å². The van der Waals surface area contributed by atoms with Gasteiger partial charge in [0.15, 0.2) is 0 Å². The van der Waals surface area contributed by atoms with Gasteiger partial charge in [-0.15, -0.1) is 0 Å². The Morgan fingerprint density at radius 2 is 2.21 bits per heavy atom. The van der Waals surface area contributed by atoms with Gasteiger partial charge in [-0.2, -0.15) is 8.42 Å². The van der Waals surface area contributed by atoms with Gasteiger partial charge in [0.05, 0.1) is 12.3 Å². The largest absolute Gasteiger partial charge is 0.494 e. The Hall–Kier alpha value is -1.27. The number of anilines is 1. The molecule has 14 heavy (non-hydrogen) atoms. The van der Waals surface area contributed by atoms with Crippen molar-refractivity contribution in [1.82, 2.24) is 0 Å². The molecule has 0 aliphatic heterocycles. The van der Waals surface area contributed by atoms with E-state index < -0.39 is 10.2 Å². The molecule has 0 atom stereocenters. The summed E-state index contributed by atoms with van der Waals surface area (Å²) in [6, 6.07) is 6.57. The molecule has 0 aliphatic carbocycles. The van der Waals surface area contributed by atoms with Crippen molar-refractivity contribution < 1.29 is 13.2 Å². The van der Waals surface area contributed by atoms with E-state index in [-0.39, 0.29) is 0 Å². The molecule has 1 aromatic carbocycles. The third kappa shape index (κ3) is 3.63. The third-order valence-electron chi connectivity index (χ3n) is 1.41. The number of rotatable bonds is 4. The lowest BCUT2D eigenvalue weighted by Crippen LogP contribution is -2.21. The van der Waals surface area contributed by atoms with Crippen molar-refractivity contribution in [3.8, 4) is 5.75 Å². The molecule has 0 radical (unpaired) electrons. The zero-order valence-electron chi connectivity index (χ0n) is 7.73. The zero-order valence-corrected chi connectivity index (χ0v) is 8.54. The van der Waals surface area contributed by atoms with Crippen LogP contribution in [0.15, 0.2) is 24.3 Å². The predicted molar refractivity (Wildman–Crippen MR) is 54.3 cm³/mol. The molecule has 3 N–H and O–H groups in total. The van der Waals surface area contributed by atoms with E-state index in [1.807, 2.05) is 6.92 Å². The highest BCUT2D eigenvalue weighted by Crippen LogP contribution is 2.17. The molecule has 78 valence electrons. The van der Waals surface area contributed by atoms with Gasteiger partial charge in [0.2, 0.25) is 0 Å². The van der Waals surface area contributed by atoms with Gasteiger partial charge in [-0.1, -0.05) is 6.07 Å². The molecule has 1 aromatic rings. The zero-order chi connectivity index (χ0) is 10.6. The summed E-state index contributed by atoms with van der Waals surface area (Å²) in [6.07, 6.45) is 0. The molecule has 0 heterocycles. The Balaban J connectivity index is 2.83. The Bertz CT molecular complexity index is 403. The monoisotopic (exact) mass is 216 g/mol. The first-order valence-corrected chi connectivity index (χ1v) is 5.59. The quantitative estimate of drug-likeness (QED) is 0.777. The van der Waals surface area contributed by atoms with Gasteiger partial charge in [0, 0.05) is 6.07 Å². The van der Waals surface area contributed by atoms with Crippen LogP contribution < -0.4 is 14.6 Å². The van der Waals surface area contributed by atoms with E-state index in [0.29, 0.717) is 18.0 Å². The van der Waals surface area contributed by atoms with Crippen molar-refractivity contribution in [3.05, 3.63) is 24.3 Å². The highest BCUT2D eigenvalue weighted by Gasteiger charge is 2.02. The number of hydrogen-bond donors (Lipinski definition) is 2. The van der Waals surface area contributed by atoms with Crippen molar-refractivity contribution in [2.75, 3.05) is 11.3 Å². The van der Waals surface area contributed by atoms with E-state index in [1.54, 1.807) is 24.3 Å². The van der Waals surface area contributed by atoms with Crippen LogP contribution in [0.3, 0.4) is 0 Å². The normalized spacial score (nSPS) is 11.0. The fraction of sp³-hybridized carbons (Fsp3) is 0.250. The summed E-state index contributed by atoms with van der Waals surface area (Å²) in [7, 11) is -3.71. The molecule has 0 fully saturated rings. The minimum atomic E-state index is -3.71. The van der Waals surface area contributed by atoms with Crippen LogP contribution in [0.1, 0.15) is 6.92 Å². The van der Waals surface area contributed by atoms with Crippen LogP contribution in [0.4, 0.5) is 5.69 Å². The Morgan fingerprint density at radius 3 is 2.79 bits per heavy atom. The molecule has 0 saturated carbocycles.